The van der Waals surface area contributed by atoms with Crippen LogP contribution >= 0.6 is 0 Å². The van der Waals surface area contributed by atoms with Crippen LogP contribution < -0.4 is 5.32 Å². The summed E-state index contributed by atoms with van der Waals surface area (Å²) in [6, 6.07) is 0.291. The maximum atomic E-state index is 13.0. The molecule has 0 spiro atoms. The number of carbonyl (C=O) groups excluding carboxylic acids is 1. The van der Waals surface area contributed by atoms with E-state index in [-0.39, 0.29) is 11.8 Å². The molecule has 6 nitrogen and oxygen atoms in total. The van der Waals surface area contributed by atoms with Crippen LogP contribution in [0, 0.1) is 5.92 Å². The molecule has 1 amide bonds. The first-order chi connectivity index (χ1) is 12.1. The third-order valence-electron chi connectivity index (χ3n) is 5.92. The van der Waals surface area contributed by atoms with Gasteiger partial charge in [0.15, 0.2) is 0 Å². The highest BCUT2D eigenvalue weighted by atomic mass is 32.2. The summed E-state index contributed by atoms with van der Waals surface area (Å²) in [4.78, 5) is 12.6. The second-order valence-electron chi connectivity index (χ2n) is 7.86. The fourth-order valence-electron chi connectivity index (χ4n) is 4.37. The molecule has 1 N–H and O–H groups in total. The predicted molar refractivity (Wildman–Crippen MR) is 98.3 cm³/mol. The first kappa shape index (κ1) is 19.1. The number of nitrogens with zero attached hydrogens (tertiary/aromatic N) is 2. The van der Waals surface area contributed by atoms with Gasteiger partial charge in [-0.1, -0.05) is 32.1 Å². The minimum atomic E-state index is -3.42. The Morgan fingerprint density at radius 1 is 0.760 bits per heavy atom. The molecule has 3 rings (SSSR count). The molecule has 0 aromatic heterocycles. The molecular formula is C18H33N3O3S. The fraction of sp³-hybridized carbons (Fsp3) is 0.944. The highest BCUT2D eigenvalue weighted by molar-refractivity contribution is 7.86. The minimum Gasteiger partial charge on any atom is -0.353 e. The van der Waals surface area contributed by atoms with E-state index in [1.54, 1.807) is 8.61 Å². The van der Waals surface area contributed by atoms with Crippen molar-refractivity contribution in [1.82, 2.24) is 13.9 Å². The lowest BCUT2D eigenvalue weighted by Crippen LogP contribution is -2.51. The normalized spacial score (nSPS) is 28.4. The zero-order valence-electron chi connectivity index (χ0n) is 15.3. The van der Waals surface area contributed by atoms with Gasteiger partial charge in [-0.3, -0.25) is 4.79 Å². The average Bonchev–Trinajstić information content (AvgIpc) is 2.93. The molecule has 2 aliphatic heterocycles. The number of carbonyl (C=O) groups is 1. The Kier molecular flexibility index (Phi) is 6.74. The monoisotopic (exact) mass is 371 g/mol. The van der Waals surface area contributed by atoms with Crippen LogP contribution in [-0.4, -0.2) is 55.2 Å². The van der Waals surface area contributed by atoms with Crippen LogP contribution in [0.5, 0.6) is 0 Å². The summed E-state index contributed by atoms with van der Waals surface area (Å²) < 4.78 is 29.1. The highest BCUT2D eigenvalue weighted by Crippen LogP contribution is 2.24. The Balaban J connectivity index is 1.58. The van der Waals surface area contributed by atoms with Gasteiger partial charge in [-0.05, 0) is 38.5 Å². The number of nitrogens with one attached hydrogen (secondary N) is 1. The van der Waals surface area contributed by atoms with Crippen LogP contribution in [0.4, 0.5) is 0 Å². The van der Waals surface area contributed by atoms with E-state index in [1.807, 2.05) is 0 Å². The van der Waals surface area contributed by atoms with Crippen LogP contribution in [0.25, 0.3) is 0 Å². The Hall–Kier alpha value is -0.660. The van der Waals surface area contributed by atoms with Crippen LogP contribution in [0.15, 0.2) is 0 Å². The summed E-state index contributed by atoms with van der Waals surface area (Å²) in [6.45, 7) is 2.14. The Morgan fingerprint density at radius 2 is 1.36 bits per heavy atom. The van der Waals surface area contributed by atoms with Crippen molar-refractivity contribution in [2.75, 3.05) is 26.2 Å². The zero-order valence-corrected chi connectivity index (χ0v) is 16.1. The van der Waals surface area contributed by atoms with Crippen molar-refractivity contribution in [2.45, 2.75) is 76.7 Å². The van der Waals surface area contributed by atoms with Crippen molar-refractivity contribution in [3.63, 3.8) is 0 Å². The molecule has 2 saturated heterocycles. The molecule has 1 aliphatic carbocycles. The number of rotatable bonds is 4. The van der Waals surface area contributed by atoms with Crippen LogP contribution in [-0.2, 0) is 15.0 Å². The second kappa shape index (κ2) is 8.82. The van der Waals surface area contributed by atoms with Gasteiger partial charge >= 0.3 is 0 Å². The summed E-state index contributed by atoms with van der Waals surface area (Å²) in [7, 11) is -3.42. The van der Waals surface area contributed by atoms with Gasteiger partial charge in [0.25, 0.3) is 10.2 Å². The average molecular weight is 372 g/mol. The van der Waals surface area contributed by atoms with E-state index in [1.165, 1.54) is 19.3 Å². The number of amides is 1. The molecule has 25 heavy (non-hydrogen) atoms. The number of piperidine rings is 1. The summed E-state index contributed by atoms with van der Waals surface area (Å²) in [5.41, 5.74) is 0. The van der Waals surface area contributed by atoms with Gasteiger partial charge in [-0.15, -0.1) is 0 Å². The first-order valence-electron chi connectivity index (χ1n) is 10.1. The van der Waals surface area contributed by atoms with Crippen molar-refractivity contribution in [3.8, 4) is 0 Å². The van der Waals surface area contributed by atoms with E-state index >= 15 is 0 Å². The molecule has 1 atom stereocenters. The van der Waals surface area contributed by atoms with Gasteiger partial charge in [0.05, 0.1) is 5.92 Å². The highest BCUT2D eigenvalue weighted by Gasteiger charge is 2.36. The maximum absolute atomic E-state index is 13.0. The Labute approximate surface area is 152 Å². The molecule has 2 heterocycles. The molecule has 1 unspecified atom stereocenters. The molecule has 3 fully saturated rings. The third kappa shape index (κ3) is 4.95. The lowest BCUT2D eigenvalue weighted by molar-refractivity contribution is -0.127. The van der Waals surface area contributed by atoms with Crippen LogP contribution in [0.2, 0.25) is 0 Å². The quantitative estimate of drug-likeness (QED) is 0.824. The zero-order chi connectivity index (χ0) is 17.7. The van der Waals surface area contributed by atoms with Crippen molar-refractivity contribution in [3.05, 3.63) is 0 Å². The van der Waals surface area contributed by atoms with Crippen molar-refractivity contribution >= 4 is 16.1 Å². The smallest absolute Gasteiger partial charge is 0.281 e. The van der Waals surface area contributed by atoms with Gasteiger partial charge < -0.3 is 5.32 Å². The van der Waals surface area contributed by atoms with E-state index in [2.05, 4.69) is 5.32 Å². The third-order valence-corrected chi connectivity index (χ3v) is 7.93. The predicted octanol–water partition coefficient (Wildman–Crippen LogP) is 2.27. The van der Waals surface area contributed by atoms with E-state index in [4.69, 9.17) is 0 Å². The standard InChI is InChI=1S/C18H33N3O3S/c22-18(19-17-10-4-3-5-11-17)16-9-8-14-21(15-16)25(23,24)20-12-6-1-2-7-13-20/h16-17H,1-15H2,(H,19,22). The summed E-state index contributed by atoms with van der Waals surface area (Å²) in [6.07, 6.45) is 11.4. The van der Waals surface area contributed by atoms with E-state index < -0.39 is 10.2 Å². The van der Waals surface area contributed by atoms with Crippen LogP contribution in [0.1, 0.15) is 70.6 Å². The van der Waals surface area contributed by atoms with Gasteiger partial charge in [0.1, 0.15) is 0 Å². The van der Waals surface area contributed by atoms with E-state index in [0.717, 1.165) is 51.4 Å². The molecule has 0 radical (unpaired) electrons. The number of hydrogen-bond donors (Lipinski definition) is 1. The first-order valence-corrected chi connectivity index (χ1v) is 11.5. The molecule has 3 aliphatic rings. The Morgan fingerprint density at radius 3 is 2.04 bits per heavy atom. The second-order valence-corrected chi connectivity index (χ2v) is 9.79. The van der Waals surface area contributed by atoms with Gasteiger partial charge in [-0.25, -0.2) is 0 Å². The van der Waals surface area contributed by atoms with E-state index in [0.29, 0.717) is 32.2 Å². The van der Waals surface area contributed by atoms with Crippen molar-refractivity contribution < 1.29 is 13.2 Å². The van der Waals surface area contributed by atoms with Gasteiger partial charge in [0, 0.05) is 32.2 Å². The fourth-order valence-corrected chi connectivity index (χ4v) is 6.14. The van der Waals surface area contributed by atoms with Crippen LogP contribution in [0.3, 0.4) is 0 Å². The summed E-state index contributed by atoms with van der Waals surface area (Å²) >= 11 is 0. The number of hydrogen-bond acceptors (Lipinski definition) is 3. The molecule has 0 aromatic rings. The van der Waals surface area contributed by atoms with E-state index in [9.17, 15) is 13.2 Å². The van der Waals surface area contributed by atoms with Gasteiger partial charge in [-0.2, -0.15) is 17.0 Å². The van der Waals surface area contributed by atoms with Gasteiger partial charge in [0.2, 0.25) is 5.91 Å². The van der Waals surface area contributed by atoms with Crippen molar-refractivity contribution in [2.24, 2.45) is 5.92 Å². The molecule has 144 valence electrons. The summed E-state index contributed by atoms with van der Waals surface area (Å²) in [5, 5.41) is 3.18. The molecule has 1 saturated carbocycles. The molecule has 0 bridgehead atoms. The van der Waals surface area contributed by atoms with Crippen molar-refractivity contribution in [1.29, 1.82) is 0 Å². The maximum Gasteiger partial charge on any atom is 0.281 e. The lowest BCUT2D eigenvalue weighted by Gasteiger charge is -2.35. The summed E-state index contributed by atoms with van der Waals surface area (Å²) in [5.74, 6) is -0.139. The Bertz CT molecular complexity index is 538. The minimum absolute atomic E-state index is 0.0580. The topological polar surface area (TPSA) is 69.7 Å². The molecule has 7 heteroatoms. The molecule has 0 aromatic carbocycles. The largest absolute Gasteiger partial charge is 0.353 e. The lowest BCUT2D eigenvalue weighted by atomic mass is 9.93. The molecular weight excluding hydrogens is 338 g/mol. The SMILES string of the molecule is O=C(NC1CCCCC1)C1CCCN(S(=O)(=O)N2CCCCCC2)C1.